The normalized spacial score (nSPS) is 12.8. The second-order valence-electron chi connectivity index (χ2n) is 5.42. The monoisotopic (exact) mass is 273 g/mol. The summed E-state index contributed by atoms with van der Waals surface area (Å²) in [7, 11) is 1.94. The first kappa shape index (κ1) is 14.6. The van der Waals surface area contributed by atoms with E-state index in [-0.39, 0.29) is 12.1 Å². The van der Waals surface area contributed by atoms with Crippen molar-refractivity contribution in [3.05, 3.63) is 46.8 Å². The van der Waals surface area contributed by atoms with Gasteiger partial charge >= 0.3 is 0 Å². The topological polar surface area (TPSA) is 53.1 Å². The highest BCUT2D eigenvalue weighted by molar-refractivity contribution is 5.38. The maximum atomic E-state index is 6.39. The molecule has 0 fully saturated rings. The van der Waals surface area contributed by atoms with Crippen molar-refractivity contribution in [1.29, 1.82) is 0 Å². The van der Waals surface area contributed by atoms with Gasteiger partial charge in [-0.2, -0.15) is 5.10 Å². The molecule has 2 rings (SSSR count). The van der Waals surface area contributed by atoms with Crippen molar-refractivity contribution in [2.24, 2.45) is 12.8 Å². The molecule has 1 atom stereocenters. The van der Waals surface area contributed by atoms with Gasteiger partial charge in [-0.05, 0) is 45.4 Å². The maximum absolute atomic E-state index is 6.39. The second kappa shape index (κ2) is 5.67. The van der Waals surface area contributed by atoms with Crippen LogP contribution in [0, 0.1) is 13.8 Å². The van der Waals surface area contributed by atoms with E-state index >= 15 is 0 Å². The van der Waals surface area contributed by atoms with E-state index in [1.807, 2.05) is 63.7 Å². The Kier molecular flexibility index (Phi) is 4.14. The smallest absolute Gasteiger partial charge is 0.119 e. The average Bonchev–Trinajstić information content (AvgIpc) is 2.63. The zero-order valence-electron chi connectivity index (χ0n) is 12.8. The molecule has 2 N–H and O–H groups in total. The number of rotatable bonds is 4. The average molecular weight is 273 g/mol. The van der Waals surface area contributed by atoms with Gasteiger partial charge in [0.2, 0.25) is 0 Å². The molecule has 20 heavy (non-hydrogen) atoms. The summed E-state index contributed by atoms with van der Waals surface area (Å²) in [6.45, 7) is 8.08. The lowest BCUT2D eigenvalue weighted by atomic mass is 9.98. The summed E-state index contributed by atoms with van der Waals surface area (Å²) < 4.78 is 7.52. The Morgan fingerprint density at radius 1 is 1.15 bits per heavy atom. The molecule has 0 aliphatic carbocycles. The molecule has 0 spiro atoms. The zero-order chi connectivity index (χ0) is 14.9. The van der Waals surface area contributed by atoms with E-state index in [1.54, 1.807) is 0 Å². The first-order valence-corrected chi connectivity index (χ1v) is 6.92. The van der Waals surface area contributed by atoms with Gasteiger partial charge in [0, 0.05) is 18.3 Å². The molecular weight excluding hydrogens is 250 g/mol. The third kappa shape index (κ3) is 2.85. The molecule has 4 nitrogen and oxygen atoms in total. The molecule has 1 aromatic carbocycles. The Bertz CT molecular complexity index is 585. The number of aromatic nitrogens is 2. The quantitative estimate of drug-likeness (QED) is 0.932. The van der Waals surface area contributed by atoms with E-state index in [0.717, 1.165) is 28.3 Å². The fourth-order valence-electron chi connectivity index (χ4n) is 2.43. The second-order valence-corrected chi connectivity index (χ2v) is 5.42. The summed E-state index contributed by atoms with van der Waals surface area (Å²) in [6, 6.07) is 7.83. The zero-order valence-corrected chi connectivity index (χ0v) is 12.8. The number of hydrogen-bond donors (Lipinski definition) is 1. The Balaban J connectivity index is 2.27. The van der Waals surface area contributed by atoms with Crippen LogP contribution < -0.4 is 10.5 Å². The summed E-state index contributed by atoms with van der Waals surface area (Å²) in [5.74, 6) is 0.871. The van der Waals surface area contributed by atoms with Crippen LogP contribution in [0.15, 0.2) is 24.3 Å². The van der Waals surface area contributed by atoms with Crippen LogP contribution in [-0.4, -0.2) is 15.9 Å². The lowest BCUT2D eigenvalue weighted by molar-refractivity contribution is 0.242. The van der Waals surface area contributed by atoms with Crippen LogP contribution in [0.1, 0.15) is 42.4 Å². The number of aryl methyl sites for hydroxylation is 2. The molecule has 0 amide bonds. The first-order chi connectivity index (χ1) is 9.40. The third-order valence-electron chi connectivity index (χ3n) is 3.49. The summed E-state index contributed by atoms with van der Waals surface area (Å²) in [6.07, 6.45) is 0.178. The molecule has 0 aliphatic heterocycles. The summed E-state index contributed by atoms with van der Waals surface area (Å²) in [5.41, 5.74) is 10.7. The lowest BCUT2D eigenvalue weighted by Gasteiger charge is -2.15. The third-order valence-corrected chi connectivity index (χ3v) is 3.49. The Labute approximate surface area is 120 Å². The standard InChI is InChI=1S/C16H23N3O/c1-10(2)20-14-8-6-13(7-9-14)16(17)15-11(3)18-19(5)12(15)4/h6-10,16H,17H2,1-5H3. The fraction of sp³-hybridized carbons (Fsp3) is 0.438. The molecule has 2 aromatic rings. The van der Waals surface area contributed by atoms with Crippen molar-refractivity contribution in [3.63, 3.8) is 0 Å². The van der Waals surface area contributed by atoms with Gasteiger partial charge in [0.05, 0.1) is 17.8 Å². The number of ether oxygens (including phenoxy) is 1. The van der Waals surface area contributed by atoms with Crippen molar-refractivity contribution >= 4 is 0 Å². The molecule has 1 heterocycles. The van der Waals surface area contributed by atoms with Crippen LogP contribution in [0.2, 0.25) is 0 Å². The molecule has 1 unspecified atom stereocenters. The van der Waals surface area contributed by atoms with Crippen LogP contribution in [0.3, 0.4) is 0 Å². The van der Waals surface area contributed by atoms with Gasteiger partial charge in [-0.1, -0.05) is 12.1 Å². The van der Waals surface area contributed by atoms with Crippen LogP contribution in [0.25, 0.3) is 0 Å². The number of hydrogen-bond acceptors (Lipinski definition) is 3. The summed E-state index contributed by atoms with van der Waals surface area (Å²) >= 11 is 0. The molecule has 1 aromatic heterocycles. The Morgan fingerprint density at radius 2 is 1.75 bits per heavy atom. The van der Waals surface area contributed by atoms with Crippen molar-refractivity contribution in [2.75, 3.05) is 0 Å². The van der Waals surface area contributed by atoms with Crippen LogP contribution in [-0.2, 0) is 7.05 Å². The molecule has 4 heteroatoms. The van der Waals surface area contributed by atoms with E-state index in [1.165, 1.54) is 0 Å². The van der Waals surface area contributed by atoms with Crippen LogP contribution in [0.4, 0.5) is 0 Å². The highest BCUT2D eigenvalue weighted by atomic mass is 16.5. The highest BCUT2D eigenvalue weighted by Gasteiger charge is 2.18. The minimum absolute atomic E-state index is 0.156. The van der Waals surface area contributed by atoms with Gasteiger partial charge < -0.3 is 10.5 Å². The SMILES string of the molecule is Cc1nn(C)c(C)c1C(N)c1ccc(OC(C)C)cc1. The lowest BCUT2D eigenvalue weighted by Crippen LogP contribution is -2.14. The largest absolute Gasteiger partial charge is 0.491 e. The molecule has 0 bridgehead atoms. The van der Waals surface area contributed by atoms with Gasteiger partial charge in [-0.25, -0.2) is 0 Å². The van der Waals surface area contributed by atoms with Gasteiger partial charge in [0.25, 0.3) is 0 Å². The predicted molar refractivity (Wildman–Crippen MR) is 80.9 cm³/mol. The van der Waals surface area contributed by atoms with E-state index in [9.17, 15) is 0 Å². The number of nitrogens with two attached hydrogens (primary N) is 1. The fourth-order valence-corrected chi connectivity index (χ4v) is 2.43. The predicted octanol–water partition coefficient (Wildman–Crippen LogP) is 2.87. The molecular formula is C16H23N3O. The van der Waals surface area contributed by atoms with Crippen molar-refractivity contribution in [2.45, 2.75) is 39.8 Å². The van der Waals surface area contributed by atoms with Crippen LogP contribution >= 0.6 is 0 Å². The van der Waals surface area contributed by atoms with Crippen molar-refractivity contribution in [3.8, 4) is 5.75 Å². The molecule has 0 saturated carbocycles. The van der Waals surface area contributed by atoms with E-state index < -0.39 is 0 Å². The van der Waals surface area contributed by atoms with E-state index in [2.05, 4.69) is 5.10 Å². The van der Waals surface area contributed by atoms with Gasteiger partial charge in [0.1, 0.15) is 5.75 Å². The Morgan fingerprint density at radius 3 is 2.20 bits per heavy atom. The molecule has 0 radical (unpaired) electrons. The van der Waals surface area contributed by atoms with Crippen molar-refractivity contribution in [1.82, 2.24) is 9.78 Å². The van der Waals surface area contributed by atoms with Gasteiger partial charge in [-0.3, -0.25) is 4.68 Å². The minimum Gasteiger partial charge on any atom is -0.491 e. The highest BCUT2D eigenvalue weighted by Crippen LogP contribution is 2.26. The number of benzene rings is 1. The molecule has 0 aliphatic rings. The maximum Gasteiger partial charge on any atom is 0.119 e. The van der Waals surface area contributed by atoms with Gasteiger partial charge in [0.15, 0.2) is 0 Å². The first-order valence-electron chi connectivity index (χ1n) is 6.92. The van der Waals surface area contributed by atoms with Gasteiger partial charge in [-0.15, -0.1) is 0 Å². The number of nitrogens with zero attached hydrogens (tertiary/aromatic N) is 2. The summed E-state index contributed by atoms with van der Waals surface area (Å²) in [5, 5.41) is 4.43. The van der Waals surface area contributed by atoms with E-state index in [0.29, 0.717) is 0 Å². The molecule has 0 saturated heterocycles. The van der Waals surface area contributed by atoms with Crippen LogP contribution in [0.5, 0.6) is 5.75 Å². The molecule has 108 valence electrons. The van der Waals surface area contributed by atoms with Crippen molar-refractivity contribution < 1.29 is 4.74 Å². The minimum atomic E-state index is -0.156. The van der Waals surface area contributed by atoms with E-state index in [4.69, 9.17) is 10.5 Å². The summed E-state index contributed by atoms with van der Waals surface area (Å²) in [4.78, 5) is 0. The Hall–Kier alpha value is -1.81.